The third-order valence-corrected chi connectivity index (χ3v) is 2.06. The molecule has 1 fully saturated rings. The van der Waals surface area contributed by atoms with Gasteiger partial charge in [0.1, 0.15) is 0 Å². The average Bonchev–Trinajstić information content (AvgIpc) is 1.90. The summed E-state index contributed by atoms with van der Waals surface area (Å²) in [6, 6.07) is 0.690. The van der Waals surface area contributed by atoms with Crippen LogP contribution >= 0.6 is 0 Å². The average molecular weight is 142 g/mol. The Morgan fingerprint density at radius 1 is 1.20 bits per heavy atom. The molecule has 0 amide bonds. The van der Waals surface area contributed by atoms with E-state index in [2.05, 4.69) is 24.5 Å². The third kappa shape index (κ3) is 2.67. The number of hydrogen-bond donors (Lipinski definition) is 2. The van der Waals surface area contributed by atoms with Gasteiger partial charge in [0.2, 0.25) is 0 Å². The molecule has 0 spiro atoms. The molecule has 0 aromatic rings. The van der Waals surface area contributed by atoms with Crippen LogP contribution in [0.15, 0.2) is 0 Å². The Morgan fingerprint density at radius 3 is 2.80 bits per heavy atom. The van der Waals surface area contributed by atoms with E-state index in [1.54, 1.807) is 0 Å². The molecule has 2 nitrogen and oxygen atoms in total. The van der Waals surface area contributed by atoms with Crippen LogP contribution in [-0.4, -0.2) is 25.7 Å². The predicted octanol–water partition coefficient (Wildman–Crippen LogP) is 0.594. The lowest BCUT2D eigenvalue weighted by Gasteiger charge is -2.22. The topological polar surface area (TPSA) is 24.1 Å². The summed E-state index contributed by atoms with van der Waals surface area (Å²) in [7, 11) is 0. The fourth-order valence-corrected chi connectivity index (χ4v) is 1.24. The summed E-state index contributed by atoms with van der Waals surface area (Å²) in [6.07, 6.45) is 1.26. The van der Waals surface area contributed by atoms with Crippen LogP contribution in [0.2, 0.25) is 0 Å². The molecule has 1 rings (SSSR count). The Hall–Kier alpha value is -0.0800. The van der Waals surface area contributed by atoms with E-state index in [0.29, 0.717) is 6.04 Å². The summed E-state index contributed by atoms with van der Waals surface area (Å²) in [5.41, 5.74) is 0. The first-order valence-corrected chi connectivity index (χ1v) is 4.23. The van der Waals surface area contributed by atoms with Crippen molar-refractivity contribution in [1.29, 1.82) is 0 Å². The molecule has 0 bridgehead atoms. The van der Waals surface area contributed by atoms with E-state index in [-0.39, 0.29) is 0 Å². The second-order valence-electron chi connectivity index (χ2n) is 3.41. The minimum atomic E-state index is 0.690. The summed E-state index contributed by atoms with van der Waals surface area (Å²) < 4.78 is 0. The van der Waals surface area contributed by atoms with Crippen LogP contribution in [0.4, 0.5) is 0 Å². The molecule has 60 valence electrons. The van der Waals surface area contributed by atoms with E-state index in [4.69, 9.17) is 0 Å². The van der Waals surface area contributed by atoms with E-state index in [1.807, 2.05) is 0 Å². The highest BCUT2D eigenvalue weighted by Crippen LogP contribution is 1.97. The molecule has 2 N–H and O–H groups in total. The van der Waals surface area contributed by atoms with Gasteiger partial charge in [0.25, 0.3) is 0 Å². The largest absolute Gasteiger partial charge is 0.316 e. The summed E-state index contributed by atoms with van der Waals surface area (Å²) in [4.78, 5) is 0. The molecule has 1 unspecified atom stereocenters. The minimum Gasteiger partial charge on any atom is -0.316 e. The highest BCUT2D eigenvalue weighted by atomic mass is 15.0. The number of rotatable bonds is 0. The Morgan fingerprint density at radius 2 is 2.00 bits per heavy atom. The van der Waals surface area contributed by atoms with Crippen LogP contribution in [0.3, 0.4) is 0 Å². The van der Waals surface area contributed by atoms with Crippen molar-refractivity contribution < 1.29 is 0 Å². The number of hydrogen-bond acceptors (Lipinski definition) is 2. The van der Waals surface area contributed by atoms with E-state index in [0.717, 1.165) is 12.5 Å². The molecule has 0 radical (unpaired) electrons. The third-order valence-electron chi connectivity index (χ3n) is 2.06. The fourth-order valence-electron chi connectivity index (χ4n) is 1.24. The molecule has 0 aromatic carbocycles. The first-order chi connectivity index (χ1) is 4.79. The van der Waals surface area contributed by atoms with E-state index in [1.165, 1.54) is 19.5 Å². The Bertz CT molecular complexity index is 81.3. The SMILES string of the molecule is CC1CCNC[C@H](C)CN1. The van der Waals surface area contributed by atoms with Crippen molar-refractivity contribution in [3.8, 4) is 0 Å². The van der Waals surface area contributed by atoms with Gasteiger partial charge >= 0.3 is 0 Å². The molecular formula is C8H18N2. The Kier molecular flexibility index (Phi) is 3.16. The van der Waals surface area contributed by atoms with Crippen LogP contribution in [0.5, 0.6) is 0 Å². The van der Waals surface area contributed by atoms with Crippen LogP contribution in [0.25, 0.3) is 0 Å². The monoisotopic (exact) mass is 142 g/mol. The van der Waals surface area contributed by atoms with Gasteiger partial charge in [-0.05, 0) is 38.9 Å². The lowest BCUT2D eigenvalue weighted by Crippen LogP contribution is -2.40. The van der Waals surface area contributed by atoms with Crippen LogP contribution in [0.1, 0.15) is 20.3 Å². The molecule has 1 saturated heterocycles. The molecule has 1 aliphatic rings. The molecular weight excluding hydrogens is 124 g/mol. The summed E-state index contributed by atoms with van der Waals surface area (Å²) in [6.45, 7) is 8.02. The first kappa shape index (κ1) is 8.02. The van der Waals surface area contributed by atoms with Crippen molar-refractivity contribution in [1.82, 2.24) is 10.6 Å². The maximum Gasteiger partial charge on any atom is 0.00509 e. The van der Waals surface area contributed by atoms with Crippen molar-refractivity contribution >= 4 is 0 Å². The van der Waals surface area contributed by atoms with Gasteiger partial charge in [-0.25, -0.2) is 0 Å². The molecule has 1 aliphatic heterocycles. The molecule has 0 aliphatic carbocycles. The van der Waals surface area contributed by atoms with Crippen molar-refractivity contribution in [2.75, 3.05) is 19.6 Å². The maximum absolute atomic E-state index is 3.49. The van der Waals surface area contributed by atoms with Crippen molar-refractivity contribution in [3.63, 3.8) is 0 Å². The van der Waals surface area contributed by atoms with Crippen LogP contribution < -0.4 is 10.6 Å². The second kappa shape index (κ2) is 3.94. The smallest absolute Gasteiger partial charge is 0.00509 e. The summed E-state index contributed by atoms with van der Waals surface area (Å²) in [5, 5.41) is 6.92. The second-order valence-corrected chi connectivity index (χ2v) is 3.41. The van der Waals surface area contributed by atoms with E-state index in [9.17, 15) is 0 Å². The first-order valence-electron chi connectivity index (χ1n) is 4.23. The van der Waals surface area contributed by atoms with E-state index < -0.39 is 0 Å². The summed E-state index contributed by atoms with van der Waals surface area (Å²) >= 11 is 0. The standard InChI is InChI=1S/C8H18N2/c1-7-5-9-4-3-8(2)10-6-7/h7-10H,3-6H2,1-2H3/t7-,8?/m0/s1. The zero-order valence-corrected chi connectivity index (χ0v) is 6.98. The van der Waals surface area contributed by atoms with Crippen LogP contribution in [0, 0.1) is 5.92 Å². The van der Waals surface area contributed by atoms with Gasteiger partial charge < -0.3 is 10.6 Å². The van der Waals surface area contributed by atoms with Gasteiger partial charge in [0.05, 0.1) is 0 Å². The minimum absolute atomic E-state index is 0.690. The molecule has 10 heavy (non-hydrogen) atoms. The quantitative estimate of drug-likeness (QED) is 0.517. The number of nitrogens with one attached hydrogen (secondary N) is 2. The molecule has 2 heteroatoms. The Balaban J connectivity index is 2.23. The zero-order valence-electron chi connectivity index (χ0n) is 6.98. The van der Waals surface area contributed by atoms with Crippen molar-refractivity contribution in [2.45, 2.75) is 26.3 Å². The summed E-state index contributed by atoms with van der Waals surface area (Å²) in [5.74, 6) is 0.780. The Labute approximate surface area is 63.4 Å². The highest BCUT2D eigenvalue weighted by molar-refractivity contribution is 4.70. The zero-order chi connectivity index (χ0) is 7.40. The lowest BCUT2D eigenvalue weighted by atomic mass is 10.1. The van der Waals surface area contributed by atoms with Crippen molar-refractivity contribution in [3.05, 3.63) is 0 Å². The van der Waals surface area contributed by atoms with Crippen LogP contribution in [-0.2, 0) is 0 Å². The van der Waals surface area contributed by atoms with E-state index >= 15 is 0 Å². The molecule has 0 saturated carbocycles. The fraction of sp³-hybridized carbons (Fsp3) is 1.00. The molecule has 0 aromatic heterocycles. The molecule has 2 atom stereocenters. The van der Waals surface area contributed by atoms with Gasteiger partial charge in [0.15, 0.2) is 0 Å². The van der Waals surface area contributed by atoms with Gasteiger partial charge in [0, 0.05) is 6.04 Å². The maximum atomic E-state index is 3.49. The highest BCUT2D eigenvalue weighted by Gasteiger charge is 2.08. The molecule has 1 heterocycles. The normalized spacial score (nSPS) is 36.6. The van der Waals surface area contributed by atoms with Gasteiger partial charge in [-0.3, -0.25) is 0 Å². The predicted molar refractivity (Wildman–Crippen MR) is 44.1 cm³/mol. The van der Waals surface area contributed by atoms with Gasteiger partial charge in [-0.1, -0.05) is 6.92 Å². The lowest BCUT2D eigenvalue weighted by molar-refractivity contribution is 0.385. The van der Waals surface area contributed by atoms with Gasteiger partial charge in [-0.15, -0.1) is 0 Å². The van der Waals surface area contributed by atoms with Gasteiger partial charge in [-0.2, -0.15) is 0 Å². The van der Waals surface area contributed by atoms with Crippen molar-refractivity contribution in [2.24, 2.45) is 5.92 Å².